The number of nitrogens with zero attached hydrogens (tertiary/aromatic N) is 1. The van der Waals surface area contributed by atoms with E-state index in [0.29, 0.717) is 12.2 Å². The molecule has 2 aromatic rings. The number of methoxy groups -OCH3 is 2. The van der Waals surface area contributed by atoms with Crippen molar-refractivity contribution >= 4 is 5.69 Å². The van der Waals surface area contributed by atoms with E-state index in [1.165, 1.54) is 39.0 Å². The molecule has 0 bridgehead atoms. The van der Waals surface area contributed by atoms with Gasteiger partial charge >= 0.3 is 5.69 Å². The van der Waals surface area contributed by atoms with Gasteiger partial charge in [-0.05, 0) is 69.1 Å². The van der Waals surface area contributed by atoms with Gasteiger partial charge in [0.05, 0.1) is 19.1 Å². The van der Waals surface area contributed by atoms with Crippen LogP contribution in [0.4, 0.5) is 5.69 Å². The predicted molar refractivity (Wildman–Crippen MR) is 124 cm³/mol. The van der Waals surface area contributed by atoms with Gasteiger partial charge in [0.15, 0.2) is 5.75 Å². The standard InChI is InChI=1S/C24H35N3O4/c1-30-23-19-21(18-22(27(28)29)24(23)31-2)13-17-26-15-9-4-3-8-14-25-16-12-20-10-6-5-7-11-20/h5-7,10-11,18-19,25-26H,3-4,8-9,12-17H2,1-2H3. The largest absolute Gasteiger partial charge is 0.493 e. The lowest BCUT2D eigenvalue weighted by Gasteiger charge is -2.11. The molecule has 0 amide bonds. The van der Waals surface area contributed by atoms with E-state index < -0.39 is 4.92 Å². The predicted octanol–water partition coefficient (Wildman–Crippen LogP) is 4.14. The molecule has 0 spiro atoms. The SMILES string of the molecule is COc1cc(CCNCCCCCCNCCc2ccccc2)cc([N+](=O)[O-])c1OC. The highest BCUT2D eigenvalue weighted by molar-refractivity contribution is 5.58. The third-order valence-electron chi connectivity index (χ3n) is 5.20. The Morgan fingerprint density at radius 3 is 1.97 bits per heavy atom. The molecule has 31 heavy (non-hydrogen) atoms. The monoisotopic (exact) mass is 429 g/mol. The quantitative estimate of drug-likeness (QED) is 0.237. The Labute approximate surface area is 185 Å². The minimum absolute atomic E-state index is 0.0609. The van der Waals surface area contributed by atoms with Crippen molar-refractivity contribution in [1.82, 2.24) is 10.6 Å². The molecule has 2 rings (SSSR count). The number of nitro benzene ring substituents is 1. The van der Waals surface area contributed by atoms with Gasteiger partial charge in [-0.2, -0.15) is 0 Å². The van der Waals surface area contributed by atoms with Crippen LogP contribution in [0.2, 0.25) is 0 Å². The smallest absolute Gasteiger partial charge is 0.315 e. The summed E-state index contributed by atoms with van der Waals surface area (Å²) >= 11 is 0. The number of unbranched alkanes of at least 4 members (excludes halogenated alkanes) is 3. The zero-order valence-electron chi connectivity index (χ0n) is 18.7. The third-order valence-corrected chi connectivity index (χ3v) is 5.20. The molecule has 2 N–H and O–H groups in total. The summed E-state index contributed by atoms with van der Waals surface area (Å²) in [6, 6.07) is 13.9. The second kappa shape index (κ2) is 14.4. The van der Waals surface area contributed by atoms with E-state index in [0.717, 1.165) is 44.6 Å². The summed E-state index contributed by atoms with van der Waals surface area (Å²) in [7, 11) is 2.90. The van der Waals surface area contributed by atoms with Gasteiger partial charge in [-0.1, -0.05) is 43.2 Å². The van der Waals surface area contributed by atoms with Crippen LogP contribution in [0, 0.1) is 10.1 Å². The summed E-state index contributed by atoms with van der Waals surface area (Å²) < 4.78 is 10.4. The van der Waals surface area contributed by atoms with Crippen molar-refractivity contribution in [1.29, 1.82) is 0 Å². The highest BCUT2D eigenvalue weighted by atomic mass is 16.6. The molecule has 0 saturated carbocycles. The van der Waals surface area contributed by atoms with E-state index >= 15 is 0 Å². The van der Waals surface area contributed by atoms with Crippen LogP contribution in [-0.4, -0.2) is 45.3 Å². The fourth-order valence-electron chi connectivity index (χ4n) is 3.49. The Morgan fingerprint density at radius 2 is 1.42 bits per heavy atom. The Balaban J connectivity index is 1.52. The first-order valence-electron chi connectivity index (χ1n) is 11.0. The molecule has 0 radical (unpaired) electrons. The molecule has 7 heteroatoms. The van der Waals surface area contributed by atoms with E-state index in [4.69, 9.17) is 9.47 Å². The maximum atomic E-state index is 11.3. The van der Waals surface area contributed by atoms with E-state index in [9.17, 15) is 10.1 Å². The van der Waals surface area contributed by atoms with Crippen LogP contribution < -0.4 is 20.1 Å². The van der Waals surface area contributed by atoms with Gasteiger partial charge in [-0.3, -0.25) is 10.1 Å². The fraction of sp³-hybridized carbons (Fsp3) is 0.500. The minimum atomic E-state index is -0.436. The van der Waals surface area contributed by atoms with Crippen LogP contribution in [0.3, 0.4) is 0 Å². The summed E-state index contributed by atoms with van der Waals surface area (Å²) in [5.74, 6) is 0.558. The molecule has 0 aliphatic carbocycles. The number of rotatable bonds is 16. The molecule has 2 aromatic carbocycles. The molecule has 0 aliphatic rings. The molecular weight excluding hydrogens is 394 g/mol. The lowest BCUT2D eigenvalue weighted by atomic mass is 10.1. The van der Waals surface area contributed by atoms with Crippen molar-refractivity contribution in [3.8, 4) is 11.5 Å². The van der Waals surface area contributed by atoms with Crippen LogP contribution in [0.5, 0.6) is 11.5 Å². The van der Waals surface area contributed by atoms with Crippen LogP contribution in [0.25, 0.3) is 0 Å². The molecule has 170 valence electrons. The van der Waals surface area contributed by atoms with Crippen LogP contribution in [0.15, 0.2) is 42.5 Å². The fourth-order valence-corrected chi connectivity index (χ4v) is 3.49. The summed E-state index contributed by atoms with van der Waals surface area (Å²) in [4.78, 5) is 10.8. The number of hydrogen-bond acceptors (Lipinski definition) is 6. The Hall–Kier alpha value is -2.64. The van der Waals surface area contributed by atoms with Crippen molar-refractivity contribution in [2.75, 3.05) is 40.4 Å². The highest BCUT2D eigenvalue weighted by Gasteiger charge is 2.21. The lowest BCUT2D eigenvalue weighted by molar-refractivity contribution is -0.385. The Kier molecular flexibility index (Phi) is 11.4. The first-order valence-corrected chi connectivity index (χ1v) is 11.0. The van der Waals surface area contributed by atoms with Crippen molar-refractivity contribution in [2.24, 2.45) is 0 Å². The Morgan fingerprint density at radius 1 is 0.806 bits per heavy atom. The van der Waals surface area contributed by atoms with Crippen molar-refractivity contribution < 1.29 is 14.4 Å². The lowest BCUT2D eigenvalue weighted by Crippen LogP contribution is -2.19. The molecular formula is C24H35N3O4. The van der Waals surface area contributed by atoms with Gasteiger partial charge in [0.25, 0.3) is 0 Å². The van der Waals surface area contributed by atoms with E-state index in [-0.39, 0.29) is 11.4 Å². The molecule has 0 unspecified atom stereocenters. The molecule has 7 nitrogen and oxygen atoms in total. The van der Waals surface area contributed by atoms with Gasteiger partial charge in [0, 0.05) is 6.07 Å². The molecule has 0 heterocycles. The van der Waals surface area contributed by atoms with E-state index in [1.54, 1.807) is 12.1 Å². The first kappa shape index (κ1) is 24.6. The van der Waals surface area contributed by atoms with Gasteiger partial charge in [0.2, 0.25) is 5.75 Å². The molecule has 0 fully saturated rings. The average Bonchev–Trinajstić information content (AvgIpc) is 2.79. The number of benzene rings is 2. The van der Waals surface area contributed by atoms with Gasteiger partial charge < -0.3 is 20.1 Å². The van der Waals surface area contributed by atoms with Crippen LogP contribution in [0.1, 0.15) is 36.8 Å². The van der Waals surface area contributed by atoms with Crippen molar-refractivity contribution in [3.63, 3.8) is 0 Å². The van der Waals surface area contributed by atoms with Gasteiger partial charge in [0.1, 0.15) is 0 Å². The maximum absolute atomic E-state index is 11.3. The summed E-state index contributed by atoms with van der Waals surface area (Å²) in [6.45, 7) is 3.82. The zero-order chi connectivity index (χ0) is 22.3. The number of nitro groups is 1. The zero-order valence-corrected chi connectivity index (χ0v) is 18.7. The summed E-state index contributed by atoms with van der Waals surface area (Å²) in [5.41, 5.74) is 2.18. The molecule has 0 aliphatic heterocycles. The summed E-state index contributed by atoms with van der Waals surface area (Å²) in [6.07, 6.45) is 6.54. The topological polar surface area (TPSA) is 85.7 Å². The van der Waals surface area contributed by atoms with Gasteiger partial charge in [-0.15, -0.1) is 0 Å². The molecule has 0 saturated heterocycles. The second-order valence-corrected chi connectivity index (χ2v) is 7.51. The maximum Gasteiger partial charge on any atom is 0.315 e. The van der Waals surface area contributed by atoms with Crippen molar-refractivity contribution in [2.45, 2.75) is 38.5 Å². The number of ether oxygens (including phenoxy) is 2. The second-order valence-electron chi connectivity index (χ2n) is 7.51. The Bertz CT molecular complexity index is 784. The van der Waals surface area contributed by atoms with E-state index in [2.05, 4.69) is 34.9 Å². The van der Waals surface area contributed by atoms with Crippen molar-refractivity contribution in [3.05, 3.63) is 63.7 Å². The summed E-state index contributed by atoms with van der Waals surface area (Å²) in [5, 5.41) is 18.2. The van der Waals surface area contributed by atoms with Gasteiger partial charge in [-0.25, -0.2) is 0 Å². The molecule has 0 aromatic heterocycles. The van der Waals surface area contributed by atoms with Crippen LogP contribution >= 0.6 is 0 Å². The first-order chi connectivity index (χ1) is 15.2. The average molecular weight is 430 g/mol. The highest BCUT2D eigenvalue weighted by Crippen LogP contribution is 2.37. The normalized spacial score (nSPS) is 10.8. The number of nitrogens with one attached hydrogen (secondary N) is 2. The third kappa shape index (κ3) is 8.94. The van der Waals surface area contributed by atoms with E-state index in [1.807, 2.05) is 6.07 Å². The number of hydrogen-bond donors (Lipinski definition) is 2. The minimum Gasteiger partial charge on any atom is -0.493 e. The molecule has 0 atom stereocenters. The van der Waals surface area contributed by atoms with Crippen LogP contribution in [-0.2, 0) is 12.8 Å².